The monoisotopic (exact) mass is 281 g/mol. The molecule has 1 aliphatic heterocycles. The van der Waals surface area contributed by atoms with Crippen molar-refractivity contribution in [1.82, 2.24) is 4.90 Å². The number of aliphatic hydroxyl groups is 1. The Morgan fingerprint density at radius 1 is 1.37 bits per heavy atom. The van der Waals surface area contributed by atoms with Gasteiger partial charge in [-0.3, -0.25) is 0 Å². The second kappa shape index (κ2) is 4.01. The highest BCUT2D eigenvalue weighted by molar-refractivity contribution is 5.69. The fraction of sp³-hybridized carbons (Fsp3) is 0.917. The minimum Gasteiger partial charge on any atom is -0.444 e. The van der Waals surface area contributed by atoms with Crippen molar-refractivity contribution in [2.45, 2.75) is 57.0 Å². The predicted octanol–water partition coefficient (Wildman–Crippen LogP) is 2.31. The van der Waals surface area contributed by atoms with Crippen LogP contribution in [0.5, 0.6) is 0 Å². The van der Waals surface area contributed by atoms with Crippen LogP contribution in [0.2, 0.25) is 0 Å². The number of fused-ring (bicyclic) bond motifs is 2. The molecule has 1 heterocycles. The maximum atomic E-state index is 12.8. The predicted molar refractivity (Wildman–Crippen MR) is 60.5 cm³/mol. The number of halogens is 3. The van der Waals surface area contributed by atoms with Crippen molar-refractivity contribution in [3.05, 3.63) is 0 Å². The molecule has 7 heteroatoms. The van der Waals surface area contributed by atoms with Crippen LogP contribution in [-0.4, -0.2) is 46.1 Å². The fourth-order valence-electron chi connectivity index (χ4n) is 2.87. The summed E-state index contributed by atoms with van der Waals surface area (Å²) in [7, 11) is 0. The number of nitrogens with zero attached hydrogens (tertiary/aromatic N) is 1. The summed E-state index contributed by atoms with van der Waals surface area (Å²) in [5.41, 5.74) is -3.34. The quantitative estimate of drug-likeness (QED) is 0.741. The molecule has 0 aromatic carbocycles. The zero-order valence-electron chi connectivity index (χ0n) is 11.1. The fourth-order valence-corrected chi connectivity index (χ4v) is 2.87. The first-order chi connectivity index (χ1) is 8.44. The maximum absolute atomic E-state index is 12.8. The Balaban J connectivity index is 2.06. The summed E-state index contributed by atoms with van der Waals surface area (Å²) in [5, 5.41) is 9.75. The highest BCUT2D eigenvalue weighted by Gasteiger charge is 2.67. The van der Waals surface area contributed by atoms with Crippen molar-refractivity contribution < 1.29 is 27.8 Å². The van der Waals surface area contributed by atoms with Gasteiger partial charge >= 0.3 is 12.3 Å². The molecule has 2 rings (SSSR count). The van der Waals surface area contributed by atoms with E-state index in [1.807, 2.05) is 0 Å². The van der Waals surface area contributed by atoms with Gasteiger partial charge in [0.05, 0.1) is 0 Å². The van der Waals surface area contributed by atoms with Gasteiger partial charge in [-0.25, -0.2) is 4.79 Å². The number of alkyl halides is 3. The lowest BCUT2D eigenvalue weighted by Crippen LogP contribution is -2.56. The molecule has 0 aromatic rings. The van der Waals surface area contributed by atoms with Gasteiger partial charge in [0.2, 0.25) is 0 Å². The minimum atomic E-state index is -4.65. The van der Waals surface area contributed by atoms with Gasteiger partial charge in [0.25, 0.3) is 0 Å². The summed E-state index contributed by atoms with van der Waals surface area (Å²) in [6.45, 7) is 5.00. The second-order valence-corrected chi connectivity index (χ2v) is 6.35. The number of carbonyl (C=O) groups is 1. The third-order valence-corrected chi connectivity index (χ3v) is 3.76. The average Bonchev–Trinajstić information content (AvgIpc) is 2.70. The van der Waals surface area contributed by atoms with E-state index < -0.39 is 41.9 Å². The van der Waals surface area contributed by atoms with Gasteiger partial charge in [0.1, 0.15) is 5.60 Å². The van der Waals surface area contributed by atoms with Crippen LogP contribution in [0.25, 0.3) is 0 Å². The molecule has 1 amide bonds. The Bertz CT molecular complexity index is 391. The largest absolute Gasteiger partial charge is 0.444 e. The van der Waals surface area contributed by atoms with Crippen LogP contribution < -0.4 is 0 Å². The number of carbonyl (C=O) groups excluding carboxylic acids is 1. The summed E-state index contributed by atoms with van der Waals surface area (Å²) in [6, 6.07) is -0.591. The molecule has 0 aromatic heterocycles. The highest BCUT2D eigenvalue weighted by Crippen LogP contribution is 2.52. The summed E-state index contributed by atoms with van der Waals surface area (Å²) in [5.74, 6) is -0.954. The van der Waals surface area contributed by atoms with Crippen LogP contribution in [0.3, 0.4) is 0 Å². The van der Waals surface area contributed by atoms with Crippen molar-refractivity contribution >= 4 is 6.09 Å². The molecule has 3 unspecified atom stereocenters. The lowest BCUT2D eigenvalue weighted by Gasteiger charge is -2.39. The van der Waals surface area contributed by atoms with Gasteiger partial charge in [0.15, 0.2) is 5.60 Å². The summed E-state index contributed by atoms with van der Waals surface area (Å²) < 4.78 is 43.6. The van der Waals surface area contributed by atoms with Crippen LogP contribution in [-0.2, 0) is 4.74 Å². The normalized spacial score (nSPS) is 34.8. The van der Waals surface area contributed by atoms with E-state index in [0.29, 0.717) is 0 Å². The lowest BCUT2D eigenvalue weighted by atomic mass is 9.88. The van der Waals surface area contributed by atoms with E-state index in [1.165, 1.54) is 4.90 Å². The standard InChI is InChI=1S/C12H18F3NO3/c1-10(2,3)19-9(17)16-6-7-4-8(16)5-11(7,18)12(13,14)15/h7-8,18H,4-6H2,1-3H3. The van der Waals surface area contributed by atoms with Gasteiger partial charge in [-0.1, -0.05) is 0 Å². The first-order valence-electron chi connectivity index (χ1n) is 6.23. The van der Waals surface area contributed by atoms with Gasteiger partial charge < -0.3 is 14.7 Å². The van der Waals surface area contributed by atoms with Crippen molar-refractivity contribution in [2.75, 3.05) is 6.54 Å². The van der Waals surface area contributed by atoms with Crippen LogP contribution in [0.1, 0.15) is 33.6 Å². The molecule has 4 nitrogen and oxygen atoms in total. The smallest absolute Gasteiger partial charge is 0.417 e. The summed E-state index contributed by atoms with van der Waals surface area (Å²) in [6.07, 6.45) is -5.54. The summed E-state index contributed by atoms with van der Waals surface area (Å²) >= 11 is 0. The van der Waals surface area contributed by atoms with Gasteiger partial charge in [0, 0.05) is 24.9 Å². The molecule has 1 aliphatic carbocycles. The van der Waals surface area contributed by atoms with Crippen molar-refractivity contribution in [1.29, 1.82) is 0 Å². The van der Waals surface area contributed by atoms with Crippen LogP contribution in [0, 0.1) is 5.92 Å². The molecular weight excluding hydrogens is 263 g/mol. The third-order valence-electron chi connectivity index (χ3n) is 3.76. The number of rotatable bonds is 0. The molecule has 2 fully saturated rings. The van der Waals surface area contributed by atoms with Crippen LogP contribution in [0.15, 0.2) is 0 Å². The number of likely N-dealkylation sites (tertiary alicyclic amines) is 1. The zero-order valence-corrected chi connectivity index (χ0v) is 11.1. The number of amides is 1. The van der Waals surface area contributed by atoms with E-state index in [4.69, 9.17) is 4.74 Å². The third kappa shape index (κ3) is 2.40. The Kier molecular flexibility index (Phi) is 3.04. The Labute approximate surface area is 109 Å². The molecule has 110 valence electrons. The van der Waals surface area contributed by atoms with Crippen LogP contribution >= 0.6 is 0 Å². The van der Waals surface area contributed by atoms with Gasteiger partial charge in [-0.15, -0.1) is 0 Å². The number of hydrogen-bond acceptors (Lipinski definition) is 3. The summed E-state index contributed by atoms with van der Waals surface area (Å²) in [4.78, 5) is 13.2. The first kappa shape index (κ1) is 14.4. The van der Waals surface area contributed by atoms with Gasteiger partial charge in [-0.05, 0) is 27.2 Å². The maximum Gasteiger partial charge on any atom is 0.417 e. The molecule has 0 radical (unpaired) electrons. The van der Waals surface area contributed by atoms with E-state index in [2.05, 4.69) is 0 Å². The molecule has 3 atom stereocenters. The van der Waals surface area contributed by atoms with Gasteiger partial charge in [-0.2, -0.15) is 13.2 Å². The lowest BCUT2D eigenvalue weighted by molar-refractivity contribution is -0.278. The van der Waals surface area contributed by atoms with E-state index >= 15 is 0 Å². The second-order valence-electron chi connectivity index (χ2n) is 6.35. The minimum absolute atomic E-state index is 0.102. The van der Waals surface area contributed by atoms with Crippen LogP contribution in [0.4, 0.5) is 18.0 Å². The number of hydrogen-bond donors (Lipinski definition) is 1. The average molecular weight is 281 g/mol. The number of piperidine rings is 1. The Morgan fingerprint density at radius 3 is 2.32 bits per heavy atom. The number of ether oxygens (including phenoxy) is 1. The SMILES string of the molecule is CC(C)(C)OC(=O)N1CC2CC1CC2(O)C(F)(F)F. The molecular formula is C12H18F3NO3. The van der Waals surface area contributed by atoms with Crippen molar-refractivity contribution in [3.8, 4) is 0 Å². The molecule has 19 heavy (non-hydrogen) atoms. The molecule has 1 N–H and O–H groups in total. The molecule has 2 bridgehead atoms. The Morgan fingerprint density at radius 2 is 1.95 bits per heavy atom. The molecule has 1 saturated heterocycles. The van der Waals surface area contributed by atoms with Crippen molar-refractivity contribution in [2.24, 2.45) is 5.92 Å². The highest BCUT2D eigenvalue weighted by atomic mass is 19.4. The van der Waals surface area contributed by atoms with E-state index in [1.54, 1.807) is 20.8 Å². The van der Waals surface area contributed by atoms with E-state index in [-0.39, 0.29) is 13.0 Å². The molecule has 0 spiro atoms. The van der Waals surface area contributed by atoms with Crippen molar-refractivity contribution in [3.63, 3.8) is 0 Å². The zero-order chi connectivity index (χ0) is 14.6. The topological polar surface area (TPSA) is 49.8 Å². The van der Waals surface area contributed by atoms with E-state index in [0.717, 1.165) is 0 Å². The first-order valence-corrected chi connectivity index (χ1v) is 6.23. The van der Waals surface area contributed by atoms with E-state index in [9.17, 15) is 23.1 Å². The Hall–Kier alpha value is -0.980. The molecule has 1 saturated carbocycles. The molecule has 2 aliphatic rings.